The lowest BCUT2D eigenvalue weighted by Crippen LogP contribution is -2.50. The Balaban J connectivity index is 1.58. The maximum Gasteiger partial charge on any atom is 0.235 e. The van der Waals surface area contributed by atoms with Crippen molar-refractivity contribution in [2.75, 3.05) is 19.9 Å². The van der Waals surface area contributed by atoms with Crippen LogP contribution in [0, 0.1) is 17.2 Å². The fraction of sp³-hybridized carbons (Fsp3) is 0.556. The van der Waals surface area contributed by atoms with Gasteiger partial charge < -0.3 is 14.8 Å². The third-order valence-electron chi connectivity index (χ3n) is 4.68. The zero-order valence-electron chi connectivity index (χ0n) is 14.2. The van der Waals surface area contributed by atoms with Crippen LogP contribution in [0.3, 0.4) is 0 Å². The van der Waals surface area contributed by atoms with Gasteiger partial charge in [-0.2, -0.15) is 5.26 Å². The van der Waals surface area contributed by atoms with Crippen LogP contribution in [0.2, 0.25) is 0 Å². The predicted octanol–water partition coefficient (Wildman–Crippen LogP) is 2.05. The van der Waals surface area contributed by atoms with Crippen LogP contribution in [0.25, 0.3) is 0 Å². The number of benzene rings is 1. The number of ether oxygens (including phenoxy) is 2. The van der Waals surface area contributed by atoms with Crippen molar-refractivity contribution in [3.8, 4) is 17.6 Å². The van der Waals surface area contributed by atoms with Crippen molar-refractivity contribution in [2.45, 2.75) is 38.8 Å². The summed E-state index contributed by atoms with van der Waals surface area (Å²) >= 11 is 0. The van der Waals surface area contributed by atoms with E-state index in [1.54, 1.807) is 0 Å². The molecule has 1 atom stereocenters. The molecule has 1 aromatic rings. The van der Waals surface area contributed by atoms with Gasteiger partial charge in [-0.15, -0.1) is 0 Å². The van der Waals surface area contributed by atoms with E-state index in [1.807, 2.05) is 36.9 Å². The van der Waals surface area contributed by atoms with Crippen LogP contribution >= 0.6 is 0 Å². The minimum atomic E-state index is -0.741. The molecule has 1 fully saturated rings. The smallest absolute Gasteiger partial charge is 0.235 e. The van der Waals surface area contributed by atoms with Crippen molar-refractivity contribution in [2.24, 2.45) is 5.92 Å². The molecule has 0 spiro atoms. The van der Waals surface area contributed by atoms with Crippen molar-refractivity contribution >= 4 is 5.91 Å². The highest BCUT2D eigenvalue weighted by Gasteiger charge is 2.43. The molecule has 1 heterocycles. The molecule has 6 heteroatoms. The monoisotopic (exact) mass is 329 g/mol. The Morgan fingerprint density at radius 2 is 2.17 bits per heavy atom. The number of amides is 1. The zero-order valence-corrected chi connectivity index (χ0v) is 14.2. The third-order valence-corrected chi connectivity index (χ3v) is 4.68. The molecule has 3 rings (SSSR count). The molecule has 1 unspecified atom stereocenters. The van der Waals surface area contributed by atoms with Crippen LogP contribution in [0.4, 0.5) is 0 Å². The summed E-state index contributed by atoms with van der Waals surface area (Å²) in [6.07, 6.45) is 2.03. The van der Waals surface area contributed by atoms with Gasteiger partial charge in [0.1, 0.15) is 5.54 Å². The van der Waals surface area contributed by atoms with Gasteiger partial charge in [0, 0.05) is 6.54 Å². The Labute approximate surface area is 142 Å². The molecule has 1 N–H and O–H groups in total. The number of fused-ring (bicyclic) bond motifs is 1. The van der Waals surface area contributed by atoms with Gasteiger partial charge in [0.05, 0.1) is 12.6 Å². The zero-order chi connectivity index (χ0) is 17.2. The van der Waals surface area contributed by atoms with Crippen LogP contribution in [-0.4, -0.2) is 36.2 Å². The minimum absolute atomic E-state index is 0.103. The molecule has 128 valence electrons. The quantitative estimate of drug-likeness (QED) is 0.828. The second kappa shape index (κ2) is 6.70. The first-order valence-corrected chi connectivity index (χ1v) is 8.37. The van der Waals surface area contributed by atoms with Crippen molar-refractivity contribution in [3.63, 3.8) is 0 Å². The van der Waals surface area contributed by atoms with Gasteiger partial charge in [-0.05, 0) is 49.9 Å². The number of nitriles is 1. The average Bonchev–Trinajstić information content (AvgIpc) is 3.33. The summed E-state index contributed by atoms with van der Waals surface area (Å²) in [6.45, 7) is 5.75. The molecule has 0 saturated heterocycles. The Kier molecular flexibility index (Phi) is 4.63. The van der Waals surface area contributed by atoms with Crippen molar-refractivity contribution in [3.05, 3.63) is 23.8 Å². The van der Waals surface area contributed by atoms with Crippen LogP contribution < -0.4 is 14.8 Å². The highest BCUT2D eigenvalue weighted by Crippen LogP contribution is 2.39. The van der Waals surface area contributed by atoms with E-state index in [9.17, 15) is 10.1 Å². The first-order valence-electron chi connectivity index (χ1n) is 8.37. The van der Waals surface area contributed by atoms with Crippen LogP contribution in [-0.2, 0) is 11.3 Å². The maximum absolute atomic E-state index is 12.3. The fourth-order valence-corrected chi connectivity index (χ4v) is 2.99. The largest absolute Gasteiger partial charge is 0.454 e. The van der Waals surface area contributed by atoms with E-state index in [4.69, 9.17) is 9.47 Å². The highest BCUT2D eigenvalue weighted by atomic mass is 16.7. The normalized spacial score (nSPS) is 18.1. The summed E-state index contributed by atoms with van der Waals surface area (Å²) in [6, 6.07) is 8.09. The fourth-order valence-electron chi connectivity index (χ4n) is 2.99. The lowest BCUT2D eigenvalue weighted by atomic mass is 9.98. The molecule has 24 heavy (non-hydrogen) atoms. The Morgan fingerprint density at radius 3 is 2.83 bits per heavy atom. The minimum Gasteiger partial charge on any atom is -0.454 e. The average molecular weight is 329 g/mol. The summed E-state index contributed by atoms with van der Waals surface area (Å²) in [5.41, 5.74) is 0.328. The van der Waals surface area contributed by atoms with Gasteiger partial charge in [0.15, 0.2) is 11.5 Å². The summed E-state index contributed by atoms with van der Waals surface area (Å²) < 4.78 is 10.7. The van der Waals surface area contributed by atoms with Gasteiger partial charge in [-0.3, -0.25) is 9.69 Å². The number of nitrogens with one attached hydrogen (secondary N) is 1. The summed E-state index contributed by atoms with van der Waals surface area (Å²) in [4.78, 5) is 14.4. The van der Waals surface area contributed by atoms with Gasteiger partial charge in [0.25, 0.3) is 0 Å². The van der Waals surface area contributed by atoms with Gasteiger partial charge >= 0.3 is 0 Å². The summed E-state index contributed by atoms with van der Waals surface area (Å²) in [5, 5.41) is 12.3. The lowest BCUT2D eigenvalue weighted by molar-refractivity contribution is -0.123. The van der Waals surface area contributed by atoms with E-state index in [-0.39, 0.29) is 25.2 Å². The number of hydrogen-bond donors (Lipinski definition) is 1. The molecule has 0 aromatic heterocycles. The van der Waals surface area contributed by atoms with E-state index >= 15 is 0 Å². The van der Waals surface area contributed by atoms with E-state index in [1.165, 1.54) is 0 Å². The SMILES string of the molecule is CCN(CC(=O)NC(C)(C#N)C1CC1)Cc1ccc2c(c1)OCO2. The second-order valence-corrected chi connectivity index (χ2v) is 6.63. The summed E-state index contributed by atoms with van der Waals surface area (Å²) in [7, 11) is 0. The van der Waals surface area contributed by atoms with Crippen molar-refractivity contribution in [1.29, 1.82) is 5.26 Å². The number of nitrogens with zero attached hydrogens (tertiary/aromatic N) is 2. The standard InChI is InChI=1S/C18H23N3O3/c1-3-21(9-13-4-7-15-16(8-13)24-12-23-15)10-17(22)20-18(2,11-19)14-5-6-14/h4,7-8,14H,3,5-6,9-10,12H2,1-2H3,(H,20,22). The van der Waals surface area contributed by atoms with Crippen molar-refractivity contribution in [1.82, 2.24) is 10.2 Å². The molecule has 6 nitrogen and oxygen atoms in total. The lowest BCUT2D eigenvalue weighted by Gasteiger charge is -2.26. The molecule has 1 aliphatic carbocycles. The summed E-state index contributed by atoms with van der Waals surface area (Å²) in [5.74, 6) is 1.69. The Hall–Kier alpha value is -2.26. The van der Waals surface area contributed by atoms with Gasteiger partial charge in [-0.1, -0.05) is 13.0 Å². The van der Waals surface area contributed by atoms with E-state index < -0.39 is 5.54 Å². The highest BCUT2D eigenvalue weighted by molar-refractivity contribution is 5.79. The molecule has 1 aromatic carbocycles. The molecular weight excluding hydrogens is 306 g/mol. The molecule has 2 aliphatic rings. The third kappa shape index (κ3) is 3.62. The molecule has 0 radical (unpaired) electrons. The first kappa shape index (κ1) is 16.6. The van der Waals surface area contributed by atoms with Gasteiger partial charge in [-0.25, -0.2) is 0 Å². The molecular formula is C18H23N3O3. The molecule has 1 saturated carbocycles. The number of likely N-dealkylation sites (N-methyl/N-ethyl adjacent to an activating group) is 1. The van der Waals surface area contributed by atoms with Crippen molar-refractivity contribution < 1.29 is 14.3 Å². The number of carbonyl (C=O) groups is 1. The Morgan fingerprint density at radius 1 is 1.42 bits per heavy atom. The van der Waals surface area contributed by atoms with Crippen LogP contribution in [0.15, 0.2) is 18.2 Å². The first-order chi connectivity index (χ1) is 11.5. The maximum atomic E-state index is 12.3. The van der Waals surface area contributed by atoms with E-state index in [0.717, 1.165) is 36.4 Å². The second-order valence-electron chi connectivity index (χ2n) is 6.63. The van der Waals surface area contributed by atoms with E-state index in [0.29, 0.717) is 6.54 Å². The predicted molar refractivity (Wildman–Crippen MR) is 88.4 cm³/mol. The van der Waals surface area contributed by atoms with Crippen LogP contribution in [0.5, 0.6) is 11.5 Å². The topological polar surface area (TPSA) is 74.6 Å². The molecule has 1 amide bonds. The molecule has 1 aliphatic heterocycles. The van der Waals surface area contributed by atoms with E-state index in [2.05, 4.69) is 11.4 Å². The molecule has 0 bridgehead atoms. The Bertz CT molecular complexity index is 666. The van der Waals surface area contributed by atoms with Gasteiger partial charge in [0.2, 0.25) is 12.7 Å². The van der Waals surface area contributed by atoms with Crippen LogP contribution in [0.1, 0.15) is 32.3 Å². The number of carbonyl (C=O) groups excluding carboxylic acids is 1. The number of rotatable bonds is 7. The number of hydrogen-bond acceptors (Lipinski definition) is 5.